The molecule has 4 rings (SSSR count). The third-order valence-electron chi connectivity index (χ3n) is 5.15. The number of nitrogens with zero attached hydrogens (tertiary/aromatic N) is 3. The molecule has 0 N–H and O–H groups in total. The fraction of sp³-hybridized carbons (Fsp3) is 0.333. The molecule has 4 heteroatoms. The van der Waals surface area contributed by atoms with E-state index in [1.54, 1.807) is 0 Å². The molecule has 3 aromatic rings. The van der Waals surface area contributed by atoms with Gasteiger partial charge in [-0.05, 0) is 62.2 Å². The minimum atomic E-state index is 0.517. The molecule has 1 fully saturated rings. The van der Waals surface area contributed by atoms with Crippen LogP contribution in [0.2, 0.25) is 5.15 Å². The molecule has 0 saturated carbocycles. The van der Waals surface area contributed by atoms with E-state index < -0.39 is 0 Å². The summed E-state index contributed by atoms with van der Waals surface area (Å²) in [5.41, 5.74) is 4.43. The zero-order chi connectivity index (χ0) is 17.2. The van der Waals surface area contributed by atoms with Crippen LogP contribution in [-0.4, -0.2) is 34.0 Å². The standard InChI is InChI=1S/C21H22ClN3/c1-15-3-2-11-25(15)12-10-19-7-4-17-13-16(5-8-20(17)24-19)18-6-9-21(22)23-14-18/h4-9,13-15H,2-3,10-12H2,1H3. The molecular formula is C21H22ClN3. The average molecular weight is 352 g/mol. The summed E-state index contributed by atoms with van der Waals surface area (Å²) >= 11 is 5.87. The highest BCUT2D eigenvalue weighted by Crippen LogP contribution is 2.24. The first kappa shape index (κ1) is 16.5. The maximum Gasteiger partial charge on any atom is 0.129 e. The van der Waals surface area contributed by atoms with Crippen molar-refractivity contribution < 1.29 is 0 Å². The molecule has 0 aliphatic carbocycles. The predicted octanol–water partition coefficient (Wildman–Crippen LogP) is 4.98. The number of fused-ring (bicyclic) bond motifs is 1. The van der Waals surface area contributed by atoms with Gasteiger partial charge in [-0.1, -0.05) is 23.7 Å². The van der Waals surface area contributed by atoms with Gasteiger partial charge in [0.1, 0.15) is 5.15 Å². The highest BCUT2D eigenvalue weighted by atomic mass is 35.5. The van der Waals surface area contributed by atoms with E-state index in [0.29, 0.717) is 5.15 Å². The van der Waals surface area contributed by atoms with Gasteiger partial charge in [0.15, 0.2) is 0 Å². The molecule has 0 amide bonds. The van der Waals surface area contributed by atoms with Crippen LogP contribution < -0.4 is 0 Å². The SMILES string of the molecule is CC1CCCN1CCc1ccc2cc(-c3ccc(Cl)nc3)ccc2n1. The summed E-state index contributed by atoms with van der Waals surface area (Å²) in [7, 11) is 0. The monoisotopic (exact) mass is 351 g/mol. The Kier molecular flexibility index (Phi) is 4.69. The molecular weight excluding hydrogens is 330 g/mol. The largest absolute Gasteiger partial charge is 0.300 e. The molecule has 1 saturated heterocycles. The van der Waals surface area contributed by atoms with E-state index in [9.17, 15) is 0 Å². The molecule has 0 bridgehead atoms. The fourth-order valence-electron chi connectivity index (χ4n) is 3.62. The Bertz CT molecular complexity index is 876. The minimum absolute atomic E-state index is 0.517. The van der Waals surface area contributed by atoms with E-state index in [-0.39, 0.29) is 0 Å². The Morgan fingerprint density at radius 1 is 1.12 bits per heavy atom. The van der Waals surface area contributed by atoms with Crippen LogP contribution in [0.15, 0.2) is 48.7 Å². The van der Waals surface area contributed by atoms with Crippen molar-refractivity contribution >= 4 is 22.5 Å². The lowest BCUT2D eigenvalue weighted by Crippen LogP contribution is -2.29. The first-order valence-electron chi connectivity index (χ1n) is 8.95. The zero-order valence-electron chi connectivity index (χ0n) is 14.5. The van der Waals surface area contributed by atoms with Gasteiger partial charge in [0, 0.05) is 41.8 Å². The van der Waals surface area contributed by atoms with Gasteiger partial charge >= 0.3 is 0 Å². The summed E-state index contributed by atoms with van der Waals surface area (Å²) in [6.45, 7) is 4.66. The van der Waals surface area contributed by atoms with Crippen LogP contribution in [-0.2, 0) is 6.42 Å². The van der Waals surface area contributed by atoms with Crippen molar-refractivity contribution in [2.45, 2.75) is 32.2 Å². The Morgan fingerprint density at radius 2 is 2.00 bits per heavy atom. The normalized spacial score (nSPS) is 18.1. The maximum atomic E-state index is 5.87. The van der Waals surface area contributed by atoms with Crippen LogP contribution in [0.1, 0.15) is 25.5 Å². The van der Waals surface area contributed by atoms with Crippen LogP contribution >= 0.6 is 11.6 Å². The number of hydrogen-bond acceptors (Lipinski definition) is 3. The second-order valence-electron chi connectivity index (χ2n) is 6.86. The molecule has 128 valence electrons. The molecule has 0 radical (unpaired) electrons. The lowest BCUT2D eigenvalue weighted by molar-refractivity contribution is 0.271. The van der Waals surface area contributed by atoms with Crippen molar-refractivity contribution in [2.24, 2.45) is 0 Å². The maximum absolute atomic E-state index is 5.87. The summed E-state index contributed by atoms with van der Waals surface area (Å²) in [6.07, 6.45) is 5.48. The lowest BCUT2D eigenvalue weighted by Gasteiger charge is -2.20. The lowest BCUT2D eigenvalue weighted by atomic mass is 10.0. The first-order valence-corrected chi connectivity index (χ1v) is 9.32. The smallest absolute Gasteiger partial charge is 0.129 e. The van der Waals surface area contributed by atoms with Crippen LogP contribution in [0.3, 0.4) is 0 Å². The van der Waals surface area contributed by atoms with Gasteiger partial charge in [-0.25, -0.2) is 4.98 Å². The molecule has 1 aromatic carbocycles. The van der Waals surface area contributed by atoms with Crippen molar-refractivity contribution in [3.8, 4) is 11.1 Å². The number of hydrogen-bond donors (Lipinski definition) is 0. The van der Waals surface area contributed by atoms with Gasteiger partial charge in [0.25, 0.3) is 0 Å². The molecule has 3 nitrogen and oxygen atoms in total. The minimum Gasteiger partial charge on any atom is -0.300 e. The molecule has 1 atom stereocenters. The van der Waals surface area contributed by atoms with Crippen LogP contribution in [0.25, 0.3) is 22.0 Å². The molecule has 0 spiro atoms. The van der Waals surface area contributed by atoms with E-state index in [4.69, 9.17) is 16.6 Å². The van der Waals surface area contributed by atoms with E-state index in [2.05, 4.69) is 47.1 Å². The number of rotatable bonds is 4. The Balaban J connectivity index is 1.53. The molecule has 25 heavy (non-hydrogen) atoms. The molecule has 1 unspecified atom stereocenters. The van der Waals surface area contributed by atoms with Gasteiger partial charge in [-0.15, -0.1) is 0 Å². The van der Waals surface area contributed by atoms with Gasteiger partial charge < -0.3 is 4.90 Å². The van der Waals surface area contributed by atoms with Crippen molar-refractivity contribution in [1.82, 2.24) is 14.9 Å². The van der Waals surface area contributed by atoms with Crippen molar-refractivity contribution in [3.63, 3.8) is 0 Å². The molecule has 3 heterocycles. The topological polar surface area (TPSA) is 29.0 Å². The van der Waals surface area contributed by atoms with E-state index in [1.165, 1.54) is 25.1 Å². The number of halogens is 1. The number of benzene rings is 1. The summed E-state index contributed by atoms with van der Waals surface area (Å²) in [5.74, 6) is 0. The number of likely N-dealkylation sites (tertiary alicyclic amines) is 1. The Morgan fingerprint density at radius 3 is 2.76 bits per heavy atom. The second-order valence-corrected chi connectivity index (χ2v) is 7.24. The van der Waals surface area contributed by atoms with Crippen molar-refractivity contribution in [2.75, 3.05) is 13.1 Å². The van der Waals surface area contributed by atoms with Gasteiger partial charge in [0.05, 0.1) is 5.52 Å². The van der Waals surface area contributed by atoms with Crippen LogP contribution in [0, 0.1) is 0 Å². The summed E-state index contributed by atoms with van der Waals surface area (Å²) in [5, 5.41) is 1.67. The average Bonchev–Trinajstić information content (AvgIpc) is 3.05. The number of aromatic nitrogens is 2. The van der Waals surface area contributed by atoms with Crippen LogP contribution in [0.5, 0.6) is 0 Å². The highest BCUT2D eigenvalue weighted by Gasteiger charge is 2.19. The summed E-state index contributed by atoms with van der Waals surface area (Å²) in [6, 6.07) is 15.2. The van der Waals surface area contributed by atoms with E-state index >= 15 is 0 Å². The van der Waals surface area contributed by atoms with Crippen molar-refractivity contribution in [1.29, 1.82) is 0 Å². The first-order chi connectivity index (χ1) is 12.2. The van der Waals surface area contributed by atoms with Crippen LogP contribution in [0.4, 0.5) is 0 Å². The summed E-state index contributed by atoms with van der Waals surface area (Å²) < 4.78 is 0. The van der Waals surface area contributed by atoms with Gasteiger partial charge in [-0.3, -0.25) is 4.98 Å². The predicted molar refractivity (Wildman–Crippen MR) is 104 cm³/mol. The quantitative estimate of drug-likeness (QED) is 0.621. The molecule has 1 aliphatic heterocycles. The highest BCUT2D eigenvalue weighted by molar-refractivity contribution is 6.29. The zero-order valence-corrected chi connectivity index (χ0v) is 15.2. The third-order valence-corrected chi connectivity index (χ3v) is 5.38. The Labute approximate surface area is 153 Å². The van der Waals surface area contributed by atoms with Crippen molar-refractivity contribution in [3.05, 3.63) is 59.5 Å². The summed E-state index contributed by atoms with van der Waals surface area (Å²) in [4.78, 5) is 11.6. The molecule has 1 aliphatic rings. The molecule has 2 aromatic heterocycles. The van der Waals surface area contributed by atoms with E-state index in [0.717, 1.165) is 41.0 Å². The second kappa shape index (κ2) is 7.11. The van der Waals surface area contributed by atoms with Gasteiger partial charge in [-0.2, -0.15) is 0 Å². The third kappa shape index (κ3) is 3.68. The van der Waals surface area contributed by atoms with E-state index in [1.807, 2.05) is 18.3 Å². The number of pyridine rings is 2. The fourth-order valence-corrected chi connectivity index (χ4v) is 3.73. The van der Waals surface area contributed by atoms with Gasteiger partial charge in [0.2, 0.25) is 0 Å². The Hall–Kier alpha value is -1.97.